The van der Waals surface area contributed by atoms with Crippen LogP contribution in [0.15, 0.2) is 24.3 Å². The molecule has 1 aliphatic heterocycles. The summed E-state index contributed by atoms with van der Waals surface area (Å²) in [5, 5.41) is 0. The molecule has 0 aromatic heterocycles. The molecule has 19 heavy (non-hydrogen) atoms. The summed E-state index contributed by atoms with van der Waals surface area (Å²) in [4.78, 5) is 2.47. The fraction of sp³-hybridized carbons (Fsp3) is 0.625. The number of likely N-dealkylation sites (N-methyl/N-ethyl adjacent to an activating group) is 1. The molecule has 106 valence electrons. The lowest BCUT2D eigenvalue weighted by molar-refractivity contribution is 0.0722. The number of ether oxygens (including phenoxy) is 1. The van der Waals surface area contributed by atoms with Gasteiger partial charge in [-0.05, 0) is 57.0 Å². The van der Waals surface area contributed by atoms with Gasteiger partial charge in [-0.1, -0.05) is 18.6 Å². The molecular formula is C16H26N2O. The second-order valence-corrected chi connectivity index (χ2v) is 5.66. The van der Waals surface area contributed by atoms with Crippen LogP contribution < -0.4 is 10.5 Å². The quantitative estimate of drug-likeness (QED) is 0.886. The van der Waals surface area contributed by atoms with Gasteiger partial charge in [-0.3, -0.25) is 4.90 Å². The van der Waals surface area contributed by atoms with E-state index in [0.717, 1.165) is 25.1 Å². The molecular weight excluding hydrogens is 236 g/mol. The zero-order valence-electron chi connectivity index (χ0n) is 12.2. The predicted octanol–water partition coefficient (Wildman–Crippen LogP) is 2.44. The summed E-state index contributed by atoms with van der Waals surface area (Å²) < 4.78 is 5.19. The molecule has 1 aromatic carbocycles. The Morgan fingerprint density at radius 3 is 2.58 bits per heavy atom. The van der Waals surface area contributed by atoms with Crippen molar-refractivity contribution in [2.75, 3.05) is 27.2 Å². The van der Waals surface area contributed by atoms with E-state index < -0.39 is 0 Å². The zero-order valence-corrected chi connectivity index (χ0v) is 12.2. The van der Waals surface area contributed by atoms with Crippen molar-refractivity contribution in [3.8, 4) is 5.75 Å². The first-order valence-electron chi connectivity index (χ1n) is 7.24. The smallest absolute Gasteiger partial charge is 0.118 e. The summed E-state index contributed by atoms with van der Waals surface area (Å²) in [5.41, 5.74) is 7.65. The van der Waals surface area contributed by atoms with Gasteiger partial charge >= 0.3 is 0 Å². The third-order valence-electron chi connectivity index (χ3n) is 4.61. The minimum Gasteiger partial charge on any atom is -0.497 e. The number of hydrogen-bond donors (Lipinski definition) is 1. The highest BCUT2D eigenvalue weighted by Gasteiger charge is 2.34. The number of methoxy groups -OCH3 is 1. The molecule has 0 amide bonds. The van der Waals surface area contributed by atoms with Crippen LogP contribution in [0.5, 0.6) is 5.75 Å². The Morgan fingerprint density at radius 1 is 1.26 bits per heavy atom. The van der Waals surface area contributed by atoms with Crippen molar-refractivity contribution in [2.45, 2.75) is 37.6 Å². The normalized spacial score (nSPS) is 24.4. The summed E-state index contributed by atoms with van der Waals surface area (Å²) in [6.07, 6.45) is 6.08. The van der Waals surface area contributed by atoms with Crippen LogP contribution >= 0.6 is 0 Å². The van der Waals surface area contributed by atoms with Gasteiger partial charge in [0.1, 0.15) is 5.75 Å². The van der Waals surface area contributed by atoms with E-state index in [1.54, 1.807) is 7.11 Å². The van der Waals surface area contributed by atoms with Crippen molar-refractivity contribution < 1.29 is 4.74 Å². The van der Waals surface area contributed by atoms with Gasteiger partial charge in [-0.25, -0.2) is 0 Å². The Bertz CT molecular complexity index is 390. The van der Waals surface area contributed by atoms with Crippen LogP contribution in [-0.2, 0) is 6.42 Å². The average molecular weight is 262 g/mol. The first kappa shape index (κ1) is 14.4. The van der Waals surface area contributed by atoms with Crippen LogP contribution in [0.1, 0.15) is 31.2 Å². The van der Waals surface area contributed by atoms with Crippen molar-refractivity contribution in [1.82, 2.24) is 4.90 Å². The highest BCUT2D eigenvalue weighted by atomic mass is 16.5. The maximum atomic E-state index is 6.08. The molecule has 0 aliphatic carbocycles. The lowest BCUT2D eigenvalue weighted by Gasteiger charge is -2.45. The van der Waals surface area contributed by atoms with E-state index in [1.165, 1.54) is 31.4 Å². The molecule has 1 fully saturated rings. The molecule has 0 bridgehead atoms. The molecule has 1 aliphatic rings. The van der Waals surface area contributed by atoms with Crippen LogP contribution in [0.3, 0.4) is 0 Å². The SMILES string of the molecule is COc1ccc(CCC2(CN)CCCCN2C)cc1. The Morgan fingerprint density at radius 2 is 2.00 bits per heavy atom. The number of benzene rings is 1. The maximum Gasteiger partial charge on any atom is 0.118 e. The van der Waals surface area contributed by atoms with Crippen molar-refractivity contribution in [3.05, 3.63) is 29.8 Å². The summed E-state index contributed by atoms with van der Waals surface area (Å²) in [7, 11) is 3.93. The van der Waals surface area contributed by atoms with Gasteiger partial charge in [0.25, 0.3) is 0 Å². The van der Waals surface area contributed by atoms with E-state index in [0.29, 0.717) is 0 Å². The molecule has 2 N–H and O–H groups in total. The molecule has 1 heterocycles. The molecule has 1 unspecified atom stereocenters. The Hall–Kier alpha value is -1.06. The van der Waals surface area contributed by atoms with E-state index in [1.807, 2.05) is 12.1 Å². The summed E-state index contributed by atoms with van der Waals surface area (Å²) in [6.45, 7) is 1.94. The maximum absolute atomic E-state index is 6.08. The van der Waals surface area contributed by atoms with Crippen molar-refractivity contribution in [1.29, 1.82) is 0 Å². The van der Waals surface area contributed by atoms with E-state index in [9.17, 15) is 0 Å². The fourth-order valence-electron chi connectivity index (χ4n) is 3.08. The monoisotopic (exact) mass is 262 g/mol. The van der Waals surface area contributed by atoms with Crippen LogP contribution in [0.4, 0.5) is 0 Å². The summed E-state index contributed by atoms with van der Waals surface area (Å²) in [5.74, 6) is 0.923. The van der Waals surface area contributed by atoms with Crippen LogP contribution in [0.25, 0.3) is 0 Å². The predicted molar refractivity (Wildman–Crippen MR) is 79.6 cm³/mol. The minimum atomic E-state index is 0.207. The number of nitrogens with zero attached hydrogens (tertiary/aromatic N) is 1. The number of piperidine rings is 1. The average Bonchev–Trinajstić information content (AvgIpc) is 2.47. The molecule has 1 saturated heterocycles. The van der Waals surface area contributed by atoms with Gasteiger partial charge in [0.15, 0.2) is 0 Å². The highest BCUT2D eigenvalue weighted by molar-refractivity contribution is 5.27. The molecule has 0 spiro atoms. The van der Waals surface area contributed by atoms with Gasteiger partial charge in [-0.15, -0.1) is 0 Å². The van der Waals surface area contributed by atoms with Crippen molar-refractivity contribution in [2.24, 2.45) is 5.73 Å². The van der Waals surface area contributed by atoms with Crippen LogP contribution in [-0.4, -0.2) is 37.7 Å². The number of rotatable bonds is 5. The third kappa shape index (κ3) is 3.28. The van der Waals surface area contributed by atoms with Crippen molar-refractivity contribution >= 4 is 0 Å². The van der Waals surface area contributed by atoms with Gasteiger partial charge in [0.2, 0.25) is 0 Å². The van der Waals surface area contributed by atoms with Crippen LogP contribution in [0.2, 0.25) is 0 Å². The molecule has 2 rings (SSSR count). The molecule has 0 saturated carbocycles. The number of hydrogen-bond acceptors (Lipinski definition) is 3. The minimum absolute atomic E-state index is 0.207. The van der Waals surface area contributed by atoms with E-state index in [2.05, 4.69) is 24.1 Å². The molecule has 1 aromatic rings. The molecule has 3 heteroatoms. The topological polar surface area (TPSA) is 38.5 Å². The summed E-state index contributed by atoms with van der Waals surface area (Å²) >= 11 is 0. The number of nitrogens with two attached hydrogens (primary N) is 1. The molecule has 3 nitrogen and oxygen atoms in total. The lowest BCUT2D eigenvalue weighted by atomic mass is 9.82. The zero-order chi connectivity index (χ0) is 13.7. The first-order valence-corrected chi connectivity index (χ1v) is 7.24. The van der Waals surface area contributed by atoms with Gasteiger partial charge < -0.3 is 10.5 Å². The lowest BCUT2D eigenvalue weighted by Crippen LogP contribution is -2.54. The Labute approximate surface area is 116 Å². The van der Waals surface area contributed by atoms with Gasteiger partial charge in [0.05, 0.1) is 7.11 Å². The van der Waals surface area contributed by atoms with E-state index in [-0.39, 0.29) is 5.54 Å². The summed E-state index contributed by atoms with van der Waals surface area (Å²) in [6, 6.07) is 8.39. The fourth-order valence-corrected chi connectivity index (χ4v) is 3.08. The van der Waals surface area contributed by atoms with Crippen LogP contribution in [0, 0.1) is 0 Å². The largest absolute Gasteiger partial charge is 0.497 e. The van der Waals surface area contributed by atoms with Crippen molar-refractivity contribution in [3.63, 3.8) is 0 Å². The second-order valence-electron chi connectivity index (χ2n) is 5.66. The van der Waals surface area contributed by atoms with Gasteiger partial charge in [0, 0.05) is 12.1 Å². The molecule has 0 radical (unpaired) electrons. The van der Waals surface area contributed by atoms with E-state index >= 15 is 0 Å². The standard InChI is InChI=1S/C16H26N2O/c1-18-12-4-3-10-16(18,13-17)11-9-14-5-7-15(19-2)8-6-14/h5-8H,3-4,9-13,17H2,1-2H3. The third-order valence-corrected chi connectivity index (χ3v) is 4.61. The highest BCUT2D eigenvalue weighted by Crippen LogP contribution is 2.30. The molecule has 1 atom stereocenters. The van der Waals surface area contributed by atoms with E-state index in [4.69, 9.17) is 10.5 Å². The number of aryl methyl sites for hydroxylation is 1. The Kier molecular flexibility index (Phi) is 4.83. The second kappa shape index (κ2) is 6.40. The van der Waals surface area contributed by atoms with Gasteiger partial charge in [-0.2, -0.15) is 0 Å². The Balaban J connectivity index is 1.98. The first-order chi connectivity index (χ1) is 9.20. The number of likely N-dealkylation sites (tertiary alicyclic amines) is 1.